The largest absolute Gasteiger partial charge is 0.491 e. The van der Waals surface area contributed by atoms with Crippen LogP contribution in [-0.4, -0.2) is 17.8 Å². The van der Waals surface area contributed by atoms with E-state index in [0.29, 0.717) is 11.3 Å². The van der Waals surface area contributed by atoms with Gasteiger partial charge in [-0.3, -0.25) is 0 Å². The van der Waals surface area contributed by atoms with Gasteiger partial charge in [-0.05, 0) is 38.0 Å². The van der Waals surface area contributed by atoms with Crippen LogP contribution in [0.4, 0.5) is 4.39 Å². The number of hydrogen-bond acceptors (Lipinski definition) is 2. The first-order valence-corrected chi connectivity index (χ1v) is 4.58. The van der Waals surface area contributed by atoms with Crippen LogP contribution in [0.25, 0.3) is 0 Å². The molecule has 0 radical (unpaired) electrons. The Morgan fingerprint density at radius 3 is 2.57 bits per heavy atom. The fourth-order valence-corrected chi connectivity index (χ4v) is 1.17. The van der Waals surface area contributed by atoms with Crippen molar-refractivity contribution in [3.63, 3.8) is 0 Å². The van der Waals surface area contributed by atoms with E-state index in [1.165, 1.54) is 6.07 Å². The van der Waals surface area contributed by atoms with Gasteiger partial charge in [0, 0.05) is 6.07 Å². The predicted molar refractivity (Wildman–Crippen MR) is 53.0 cm³/mol. The quantitative estimate of drug-likeness (QED) is 0.806. The number of aliphatic hydroxyl groups excluding tert-OH is 1. The molecular formula is C11H15FO2. The first-order chi connectivity index (χ1) is 6.50. The zero-order valence-corrected chi connectivity index (χ0v) is 8.67. The highest BCUT2D eigenvalue weighted by Crippen LogP contribution is 2.21. The molecular weight excluding hydrogens is 183 g/mol. The van der Waals surface area contributed by atoms with Gasteiger partial charge in [0.25, 0.3) is 0 Å². The van der Waals surface area contributed by atoms with E-state index in [2.05, 4.69) is 0 Å². The van der Waals surface area contributed by atoms with Crippen molar-refractivity contribution in [3.05, 3.63) is 29.1 Å². The molecule has 1 N–H and O–H groups in total. The maximum atomic E-state index is 13.1. The highest BCUT2D eigenvalue weighted by molar-refractivity contribution is 5.36. The summed E-state index contributed by atoms with van der Waals surface area (Å²) in [5.41, 5.74) is 1.48. The van der Waals surface area contributed by atoms with E-state index in [0.717, 1.165) is 5.56 Å². The minimum absolute atomic E-state index is 0.184. The number of halogens is 1. The van der Waals surface area contributed by atoms with E-state index in [1.54, 1.807) is 19.9 Å². The second-order valence-electron chi connectivity index (χ2n) is 3.53. The second-order valence-corrected chi connectivity index (χ2v) is 3.53. The Bertz CT molecular complexity index is 321. The van der Waals surface area contributed by atoms with Crippen molar-refractivity contribution in [2.75, 3.05) is 6.61 Å². The molecule has 1 atom stereocenters. The average Bonchev–Trinajstić information content (AvgIpc) is 2.09. The van der Waals surface area contributed by atoms with Crippen molar-refractivity contribution in [1.29, 1.82) is 0 Å². The highest BCUT2D eigenvalue weighted by Gasteiger charge is 2.06. The van der Waals surface area contributed by atoms with Crippen LogP contribution in [0.15, 0.2) is 12.1 Å². The maximum absolute atomic E-state index is 13.1. The van der Waals surface area contributed by atoms with Gasteiger partial charge in [-0.15, -0.1) is 0 Å². The standard InChI is InChI=1S/C11H15FO2/c1-7-4-8(2)11(5-10(7)12)14-6-9(3)13/h4-5,9,13H,6H2,1-3H3. The van der Waals surface area contributed by atoms with Crippen molar-refractivity contribution in [1.82, 2.24) is 0 Å². The molecule has 2 nitrogen and oxygen atoms in total. The summed E-state index contributed by atoms with van der Waals surface area (Å²) in [7, 11) is 0. The van der Waals surface area contributed by atoms with E-state index in [-0.39, 0.29) is 12.4 Å². The van der Waals surface area contributed by atoms with Gasteiger partial charge in [-0.25, -0.2) is 4.39 Å². The summed E-state index contributed by atoms with van der Waals surface area (Å²) < 4.78 is 18.4. The van der Waals surface area contributed by atoms with E-state index in [1.807, 2.05) is 6.92 Å². The molecule has 3 heteroatoms. The zero-order chi connectivity index (χ0) is 10.7. The van der Waals surface area contributed by atoms with Crippen LogP contribution in [-0.2, 0) is 0 Å². The Morgan fingerprint density at radius 1 is 1.36 bits per heavy atom. The molecule has 0 amide bonds. The Kier molecular flexibility index (Phi) is 3.47. The van der Waals surface area contributed by atoms with Crippen LogP contribution < -0.4 is 4.74 Å². The topological polar surface area (TPSA) is 29.5 Å². The van der Waals surface area contributed by atoms with Crippen molar-refractivity contribution in [2.24, 2.45) is 0 Å². The van der Waals surface area contributed by atoms with Gasteiger partial charge in [0.05, 0.1) is 6.10 Å². The lowest BCUT2D eigenvalue weighted by Crippen LogP contribution is -2.13. The predicted octanol–water partition coefficient (Wildman–Crippen LogP) is 2.20. The van der Waals surface area contributed by atoms with Crippen LogP contribution in [0.2, 0.25) is 0 Å². The maximum Gasteiger partial charge on any atom is 0.129 e. The summed E-state index contributed by atoms with van der Waals surface area (Å²) in [5, 5.41) is 9.01. The summed E-state index contributed by atoms with van der Waals surface area (Å²) >= 11 is 0. The first kappa shape index (κ1) is 11.0. The zero-order valence-electron chi connectivity index (χ0n) is 8.67. The van der Waals surface area contributed by atoms with E-state index in [4.69, 9.17) is 9.84 Å². The number of benzene rings is 1. The van der Waals surface area contributed by atoms with E-state index in [9.17, 15) is 4.39 Å². The minimum Gasteiger partial charge on any atom is -0.491 e. The molecule has 0 bridgehead atoms. The Labute approximate surface area is 83.3 Å². The summed E-state index contributed by atoms with van der Waals surface area (Å²) in [5.74, 6) is 0.213. The lowest BCUT2D eigenvalue weighted by atomic mass is 10.1. The number of aryl methyl sites for hydroxylation is 2. The van der Waals surface area contributed by atoms with Crippen molar-refractivity contribution < 1.29 is 14.2 Å². The molecule has 1 aromatic rings. The second kappa shape index (κ2) is 4.42. The normalized spacial score (nSPS) is 12.6. The summed E-state index contributed by atoms with van der Waals surface area (Å²) in [6, 6.07) is 3.08. The molecule has 78 valence electrons. The molecule has 1 aromatic carbocycles. The molecule has 1 rings (SSSR count). The van der Waals surface area contributed by atoms with Gasteiger partial charge < -0.3 is 9.84 Å². The Hall–Kier alpha value is -1.09. The third kappa shape index (κ3) is 2.70. The summed E-state index contributed by atoms with van der Waals surface area (Å²) in [6.45, 7) is 5.37. The molecule has 0 heterocycles. The summed E-state index contributed by atoms with van der Waals surface area (Å²) in [4.78, 5) is 0. The number of aliphatic hydroxyl groups is 1. The smallest absolute Gasteiger partial charge is 0.129 e. The molecule has 0 saturated heterocycles. The molecule has 0 fully saturated rings. The number of hydrogen-bond donors (Lipinski definition) is 1. The molecule has 0 aromatic heterocycles. The van der Waals surface area contributed by atoms with Gasteiger partial charge >= 0.3 is 0 Å². The van der Waals surface area contributed by atoms with Gasteiger partial charge in [0.15, 0.2) is 0 Å². The highest BCUT2D eigenvalue weighted by atomic mass is 19.1. The lowest BCUT2D eigenvalue weighted by Gasteiger charge is -2.11. The van der Waals surface area contributed by atoms with Crippen LogP contribution in [0.3, 0.4) is 0 Å². The number of rotatable bonds is 3. The average molecular weight is 198 g/mol. The number of ether oxygens (including phenoxy) is 1. The molecule has 1 unspecified atom stereocenters. The van der Waals surface area contributed by atoms with Crippen LogP contribution in [0.5, 0.6) is 5.75 Å². The third-order valence-corrected chi connectivity index (χ3v) is 1.94. The monoisotopic (exact) mass is 198 g/mol. The lowest BCUT2D eigenvalue weighted by molar-refractivity contribution is 0.122. The van der Waals surface area contributed by atoms with Crippen molar-refractivity contribution >= 4 is 0 Å². The molecule has 14 heavy (non-hydrogen) atoms. The van der Waals surface area contributed by atoms with E-state index < -0.39 is 6.10 Å². The Morgan fingerprint density at radius 2 is 2.00 bits per heavy atom. The van der Waals surface area contributed by atoms with Gasteiger partial charge in [0.2, 0.25) is 0 Å². The van der Waals surface area contributed by atoms with Crippen molar-refractivity contribution in [2.45, 2.75) is 26.9 Å². The molecule has 0 saturated carbocycles. The van der Waals surface area contributed by atoms with Crippen LogP contribution >= 0.6 is 0 Å². The van der Waals surface area contributed by atoms with E-state index >= 15 is 0 Å². The molecule has 0 aliphatic rings. The molecule has 0 aliphatic carbocycles. The first-order valence-electron chi connectivity index (χ1n) is 4.58. The third-order valence-electron chi connectivity index (χ3n) is 1.94. The minimum atomic E-state index is -0.543. The molecule has 0 spiro atoms. The SMILES string of the molecule is Cc1cc(C)c(OCC(C)O)cc1F. The Balaban J connectivity index is 2.82. The fourth-order valence-electron chi connectivity index (χ4n) is 1.17. The van der Waals surface area contributed by atoms with Crippen molar-refractivity contribution in [3.8, 4) is 5.75 Å². The van der Waals surface area contributed by atoms with Gasteiger partial charge in [-0.1, -0.05) is 0 Å². The summed E-state index contributed by atoms with van der Waals surface area (Å²) in [6.07, 6.45) is -0.543. The fraction of sp³-hybridized carbons (Fsp3) is 0.455. The van der Waals surface area contributed by atoms with Crippen LogP contribution in [0.1, 0.15) is 18.1 Å². The van der Waals surface area contributed by atoms with Crippen LogP contribution in [0, 0.1) is 19.7 Å². The molecule has 0 aliphatic heterocycles. The van der Waals surface area contributed by atoms with Gasteiger partial charge in [0.1, 0.15) is 18.2 Å². The van der Waals surface area contributed by atoms with Gasteiger partial charge in [-0.2, -0.15) is 0 Å².